The maximum atomic E-state index is 12.8. The van der Waals surface area contributed by atoms with Gasteiger partial charge >= 0.3 is 0 Å². The van der Waals surface area contributed by atoms with Crippen molar-refractivity contribution >= 4 is 10.0 Å². The van der Waals surface area contributed by atoms with E-state index in [2.05, 4.69) is 0 Å². The van der Waals surface area contributed by atoms with Crippen molar-refractivity contribution in [2.24, 2.45) is 0 Å². The third-order valence-electron chi connectivity index (χ3n) is 3.81. The van der Waals surface area contributed by atoms with Gasteiger partial charge in [0.2, 0.25) is 10.0 Å². The van der Waals surface area contributed by atoms with E-state index in [9.17, 15) is 12.8 Å². The van der Waals surface area contributed by atoms with Crippen LogP contribution in [0.25, 0.3) is 0 Å². The second-order valence-corrected chi connectivity index (χ2v) is 7.46. The third kappa shape index (κ3) is 3.46. The van der Waals surface area contributed by atoms with Gasteiger partial charge in [-0.05, 0) is 35.9 Å². The van der Waals surface area contributed by atoms with Crippen molar-refractivity contribution < 1.29 is 17.5 Å². The number of ether oxygens (including phenoxy) is 1. The van der Waals surface area contributed by atoms with Crippen LogP contribution >= 0.6 is 0 Å². The Morgan fingerprint density at radius 3 is 2.58 bits per heavy atom. The van der Waals surface area contributed by atoms with Crippen LogP contribution in [0.3, 0.4) is 0 Å². The van der Waals surface area contributed by atoms with E-state index < -0.39 is 10.0 Å². The summed E-state index contributed by atoms with van der Waals surface area (Å²) in [6.07, 6.45) is -0.191. The van der Waals surface area contributed by atoms with Gasteiger partial charge in [-0.2, -0.15) is 9.57 Å². The molecule has 1 heterocycles. The predicted octanol–water partition coefficient (Wildman–Crippen LogP) is 2.29. The molecule has 7 heteroatoms. The van der Waals surface area contributed by atoms with Crippen LogP contribution in [0.1, 0.15) is 11.1 Å². The fraction of sp³-hybridized carbons (Fsp3) is 0.235. The Hall–Kier alpha value is -2.27. The summed E-state index contributed by atoms with van der Waals surface area (Å²) in [5, 5.41) is 8.87. The first-order valence-corrected chi connectivity index (χ1v) is 8.79. The molecule has 1 aliphatic heterocycles. The summed E-state index contributed by atoms with van der Waals surface area (Å²) >= 11 is 0. The average Bonchev–Trinajstić information content (AvgIpc) is 2.55. The predicted molar refractivity (Wildman–Crippen MR) is 84.9 cm³/mol. The number of nitriles is 1. The van der Waals surface area contributed by atoms with Gasteiger partial charge in [-0.3, -0.25) is 0 Å². The second kappa shape index (κ2) is 6.69. The maximum absolute atomic E-state index is 12.8. The largest absolute Gasteiger partial charge is 0.371 e. The zero-order valence-corrected chi connectivity index (χ0v) is 13.5. The highest BCUT2D eigenvalue weighted by molar-refractivity contribution is 7.89. The fourth-order valence-corrected chi connectivity index (χ4v) is 3.92. The van der Waals surface area contributed by atoms with Crippen molar-refractivity contribution in [1.82, 2.24) is 4.31 Å². The number of hydrogen-bond donors (Lipinski definition) is 0. The molecule has 2 aromatic rings. The summed E-state index contributed by atoms with van der Waals surface area (Å²) in [4.78, 5) is 0.110. The number of halogens is 1. The number of sulfonamides is 1. The zero-order chi connectivity index (χ0) is 17.2. The molecule has 24 heavy (non-hydrogen) atoms. The van der Waals surface area contributed by atoms with E-state index in [1.807, 2.05) is 6.07 Å². The highest BCUT2D eigenvalue weighted by Crippen LogP contribution is 2.24. The van der Waals surface area contributed by atoms with E-state index in [-0.39, 0.29) is 29.9 Å². The lowest BCUT2D eigenvalue weighted by atomic mass is 10.2. The molecule has 0 amide bonds. The van der Waals surface area contributed by atoms with Crippen LogP contribution in [0.5, 0.6) is 0 Å². The van der Waals surface area contributed by atoms with Crippen molar-refractivity contribution in [2.45, 2.75) is 17.6 Å². The van der Waals surface area contributed by atoms with Crippen LogP contribution in [0.2, 0.25) is 0 Å². The van der Waals surface area contributed by atoms with Crippen molar-refractivity contribution in [3.63, 3.8) is 0 Å². The molecular weight excluding hydrogens is 331 g/mol. The number of benzene rings is 2. The van der Waals surface area contributed by atoms with Crippen LogP contribution in [-0.2, 0) is 21.4 Å². The molecule has 0 saturated carbocycles. The van der Waals surface area contributed by atoms with Crippen LogP contribution in [0.15, 0.2) is 53.4 Å². The molecule has 0 aromatic heterocycles. The Morgan fingerprint density at radius 1 is 1.21 bits per heavy atom. The van der Waals surface area contributed by atoms with E-state index in [0.29, 0.717) is 12.2 Å². The van der Waals surface area contributed by atoms with Crippen LogP contribution in [0.4, 0.5) is 4.39 Å². The van der Waals surface area contributed by atoms with Crippen LogP contribution in [-0.4, -0.2) is 31.9 Å². The fourth-order valence-electron chi connectivity index (χ4n) is 2.37. The highest BCUT2D eigenvalue weighted by Gasteiger charge is 2.37. The molecule has 0 bridgehead atoms. The van der Waals surface area contributed by atoms with Gasteiger partial charge in [0, 0.05) is 13.1 Å². The van der Waals surface area contributed by atoms with Gasteiger partial charge in [0.1, 0.15) is 5.82 Å². The van der Waals surface area contributed by atoms with E-state index in [1.54, 1.807) is 24.3 Å². The lowest BCUT2D eigenvalue weighted by Crippen LogP contribution is -2.54. The van der Waals surface area contributed by atoms with Crippen LogP contribution in [0, 0.1) is 17.1 Å². The van der Waals surface area contributed by atoms with Gasteiger partial charge in [0.15, 0.2) is 0 Å². The number of rotatable bonds is 5. The Kier molecular flexibility index (Phi) is 4.62. The maximum Gasteiger partial charge on any atom is 0.243 e. The highest BCUT2D eigenvalue weighted by atomic mass is 32.2. The van der Waals surface area contributed by atoms with Gasteiger partial charge in [0.05, 0.1) is 29.2 Å². The molecule has 124 valence electrons. The zero-order valence-electron chi connectivity index (χ0n) is 12.7. The summed E-state index contributed by atoms with van der Waals surface area (Å²) in [5.74, 6) is -0.306. The summed E-state index contributed by atoms with van der Waals surface area (Å²) in [6, 6.07) is 13.9. The van der Waals surface area contributed by atoms with Gasteiger partial charge in [-0.1, -0.05) is 18.2 Å². The Morgan fingerprint density at radius 2 is 1.92 bits per heavy atom. The van der Waals surface area contributed by atoms with E-state index in [4.69, 9.17) is 10.00 Å². The average molecular weight is 346 g/mol. The normalized spacial score (nSPS) is 15.7. The second-order valence-electron chi connectivity index (χ2n) is 5.52. The molecule has 1 aliphatic rings. The molecule has 2 aromatic carbocycles. The summed E-state index contributed by atoms with van der Waals surface area (Å²) < 4.78 is 44.7. The molecule has 0 spiro atoms. The van der Waals surface area contributed by atoms with Crippen molar-refractivity contribution in [2.75, 3.05) is 13.1 Å². The van der Waals surface area contributed by atoms with Gasteiger partial charge in [-0.25, -0.2) is 12.8 Å². The van der Waals surface area contributed by atoms with E-state index in [1.165, 1.54) is 28.6 Å². The Labute approximate surface area is 139 Å². The molecule has 0 N–H and O–H groups in total. The monoisotopic (exact) mass is 346 g/mol. The lowest BCUT2D eigenvalue weighted by Gasteiger charge is -2.37. The minimum atomic E-state index is -3.60. The topological polar surface area (TPSA) is 70.4 Å². The third-order valence-corrected chi connectivity index (χ3v) is 5.64. The standard InChI is InChI=1S/C17H15FN2O3S/c18-15-6-4-13(5-7-15)12-23-16-10-20(11-16)24(21,22)17-3-1-2-14(8-17)9-19/h1-8,16H,10-12H2. The van der Waals surface area contributed by atoms with Gasteiger partial charge in [0.25, 0.3) is 0 Å². The SMILES string of the molecule is N#Cc1cccc(S(=O)(=O)N2CC(OCc3ccc(F)cc3)C2)c1. The summed E-state index contributed by atoms with van der Waals surface area (Å²) in [5.41, 5.74) is 1.14. The van der Waals surface area contributed by atoms with Gasteiger partial charge < -0.3 is 4.74 Å². The summed E-state index contributed by atoms with van der Waals surface area (Å²) in [6.45, 7) is 0.837. The van der Waals surface area contributed by atoms with Crippen LogP contribution < -0.4 is 0 Å². The molecule has 5 nitrogen and oxygen atoms in total. The number of hydrogen-bond acceptors (Lipinski definition) is 4. The first-order chi connectivity index (χ1) is 11.5. The smallest absolute Gasteiger partial charge is 0.243 e. The van der Waals surface area contributed by atoms with E-state index >= 15 is 0 Å². The van der Waals surface area contributed by atoms with E-state index in [0.717, 1.165) is 5.56 Å². The summed E-state index contributed by atoms with van der Waals surface area (Å²) in [7, 11) is -3.60. The first kappa shape index (κ1) is 16.6. The molecule has 3 rings (SSSR count). The minimum absolute atomic E-state index is 0.110. The van der Waals surface area contributed by atoms with Crippen molar-refractivity contribution in [3.05, 3.63) is 65.5 Å². The molecule has 0 radical (unpaired) electrons. The lowest BCUT2D eigenvalue weighted by molar-refractivity contribution is -0.0295. The minimum Gasteiger partial charge on any atom is -0.371 e. The first-order valence-electron chi connectivity index (χ1n) is 7.35. The molecule has 0 aliphatic carbocycles. The van der Waals surface area contributed by atoms with Gasteiger partial charge in [-0.15, -0.1) is 0 Å². The molecule has 1 fully saturated rings. The molecule has 1 saturated heterocycles. The van der Waals surface area contributed by atoms with Crippen molar-refractivity contribution in [3.8, 4) is 6.07 Å². The Bertz CT molecular complexity index is 869. The van der Waals surface area contributed by atoms with Crippen molar-refractivity contribution in [1.29, 1.82) is 5.26 Å². The Balaban J connectivity index is 1.57. The molecule has 0 atom stereocenters. The number of nitrogens with zero attached hydrogens (tertiary/aromatic N) is 2. The molecule has 0 unspecified atom stereocenters. The quantitative estimate of drug-likeness (QED) is 0.833. The molecular formula is C17H15FN2O3S.